The molecule has 0 heterocycles. The van der Waals surface area contributed by atoms with E-state index in [2.05, 4.69) is 4.90 Å². The number of non-ortho nitro benzene ring substituents is 1. The number of nitrogens with zero attached hydrogens (tertiary/aromatic N) is 2. The lowest BCUT2D eigenvalue weighted by atomic mass is 9.85. The first-order chi connectivity index (χ1) is 9.15. The number of carbonyl (C=O) groups excluding carboxylic acids is 1. The lowest BCUT2D eigenvalue weighted by Gasteiger charge is -2.33. The standard InChI is InChI=1S/C14H18N2O3/c1-2-15(9-11-4-3-5-11)14-7-6-13(16(18)19)8-12(14)10-17/h6-8,10-11H,2-5,9H2,1H3. The highest BCUT2D eigenvalue weighted by atomic mass is 16.6. The van der Waals surface area contributed by atoms with Crippen molar-refractivity contribution in [2.75, 3.05) is 18.0 Å². The number of nitro benzene ring substituents is 1. The van der Waals surface area contributed by atoms with Crippen LogP contribution < -0.4 is 4.90 Å². The molecule has 5 nitrogen and oxygen atoms in total. The third kappa shape index (κ3) is 2.92. The van der Waals surface area contributed by atoms with E-state index >= 15 is 0 Å². The molecule has 5 heteroatoms. The summed E-state index contributed by atoms with van der Waals surface area (Å²) in [5.41, 5.74) is 1.16. The predicted octanol–water partition coefficient (Wildman–Crippen LogP) is 3.03. The molecule has 0 unspecified atom stereocenters. The maximum Gasteiger partial charge on any atom is 0.270 e. The summed E-state index contributed by atoms with van der Waals surface area (Å²) in [6.07, 6.45) is 4.45. The van der Waals surface area contributed by atoms with E-state index in [-0.39, 0.29) is 5.69 Å². The number of nitro groups is 1. The Morgan fingerprint density at radius 3 is 2.68 bits per heavy atom. The highest BCUT2D eigenvalue weighted by Gasteiger charge is 2.22. The molecular weight excluding hydrogens is 244 g/mol. The summed E-state index contributed by atoms with van der Waals surface area (Å²) in [4.78, 5) is 23.5. The zero-order chi connectivity index (χ0) is 13.8. The van der Waals surface area contributed by atoms with Gasteiger partial charge in [0.05, 0.1) is 4.92 Å². The number of anilines is 1. The summed E-state index contributed by atoms with van der Waals surface area (Å²) < 4.78 is 0. The van der Waals surface area contributed by atoms with Crippen molar-refractivity contribution in [1.29, 1.82) is 0 Å². The Morgan fingerprint density at radius 2 is 2.21 bits per heavy atom. The molecule has 102 valence electrons. The van der Waals surface area contributed by atoms with Gasteiger partial charge in [-0.3, -0.25) is 14.9 Å². The van der Waals surface area contributed by atoms with Gasteiger partial charge in [0, 0.05) is 36.5 Å². The Hall–Kier alpha value is -1.91. The van der Waals surface area contributed by atoms with E-state index in [4.69, 9.17) is 0 Å². The summed E-state index contributed by atoms with van der Waals surface area (Å²) in [7, 11) is 0. The van der Waals surface area contributed by atoms with E-state index in [1.54, 1.807) is 6.07 Å². The molecule has 0 aromatic heterocycles. The van der Waals surface area contributed by atoms with Crippen LogP contribution in [-0.2, 0) is 0 Å². The summed E-state index contributed by atoms with van der Waals surface area (Å²) in [6, 6.07) is 4.50. The maximum absolute atomic E-state index is 11.1. The minimum atomic E-state index is -0.473. The molecule has 0 amide bonds. The Morgan fingerprint density at radius 1 is 1.47 bits per heavy atom. The molecule has 0 saturated heterocycles. The lowest BCUT2D eigenvalue weighted by molar-refractivity contribution is -0.384. The highest BCUT2D eigenvalue weighted by Crippen LogP contribution is 2.30. The van der Waals surface area contributed by atoms with Gasteiger partial charge in [-0.15, -0.1) is 0 Å². The second-order valence-corrected chi connectivity index (χ2v) is 4.95. The van der Waals surface area contributed by atoms with Gasteiger partial charge in [-0.1, -0.05) is 6.42 Å². The van der Waals surface area contributed by atoms with Crippen LogP contribution in [0, 0.1) is 16.0 Å². The van der Waals surface area contributed by atoms with Gasteiger partial charge in [-0.2, -0.15) is 0 Å². The number of hydrogen-bond donors (Lipinski definition) is 0. The second kappa shape index (κ2) is 5.82. The van der Waals surface area contributed by atoms with E-state index in [0.29, 0.717) is 17.8 Å². The zero-order valence-corrected chi connectivity index (χ0v) is 11.0. The number of aldehydes is 1. The Bertz CT molecular complexity index is 484. The Kier molecular flexibility index (Phi) is 4.14. The van der Waals surface area contributed by atoms with E-state index in [1.807, 2.05) is 6.92 Å². The van der Waals surface area contributed by atoms with Crippen LogP contribution in [0.4, 0.5) is 11.4 Å². The molecule has 2 rings (SSSR count). The van der Waals surface area contributed by atoms with Crippen LogP contribution >= 0.6 is 0 Å². The first-order valence-corrected chi connectivity index (χ1v) is 6.64. The third-order valence-corrected chi connectivity index (χ3v) is 3.77. The van der Waals surface area contributed by atoms with Crippen molar-refractivity contribution in [3.8, 4) is 0 Å². The molecular formula is C14H18N2O3. The quantitative estimate of drug-likeness (QED) is 0.449. The van der Waals surface area contributed by atoms with Crippen molar-refractivity contribution in [3.63, 3.8) is 0 Å². The molecule has 0 atom stereocenters. The zero-order valence-electron chi connectivity index (χ0n) is 11.0. The SMILES string of the molecule is CCN(CC1CCC1)c1ccc([N+](=O)[O-])cc1C=O. The van der Waals surface area contributed by atoms with Gasteiger partial charge >= 0.3 is 0 Å². The van der Waals surface area contributed by atoms with E-state index in [0.717, 1.165) is 18.8 Å². The largest absolute Gasteiger partial charge is 0.371 e. The fourth-order valence-corrected chi connectivity index (χ4v) is 2.42. The molecule has 0 aliphatic heterocycles. The number of hydrogen-bond acceptors (Lipinski definition) is 4. The topological polar surface area (TPSA) is 63.4 Å². The first-order valence-electron chi connectivity index (χ1n) is 6.64. The first kappa shape index (κ1) is 13.5. The fraction of sp³-hybridized carbons (Fsp3) is 0.500. The maximum atomic E-state index is 11.1. The second-order valence-electron chi connectivity index (χ2n) is 4.95. The average Bonchev–Trinajstić information content (AvgIpc) is 2.37. The van der Waals surface area contributed by atoms with Crippen molar-refractivity contribution in [2.45, 2.75) is 26.2 Å². The van der Waals surface area contributed by atoms with Crippen molar-refractivity contribution >= 4 is 17.7 Å². The van der Waals surface area contributed by atoms with Crippen molar-refractivity contribution in [2.24, 2.45) is 5.92 Å². The van der Waals surface area contributed by atoms with Crippen LogP contribution in [0.3, 0.4) is 0 Å². The summed E-state index contributed by atoms with van der Waals surface area (Å²) in [5.74, 6) is 0.689. The molecule has 1 saturated carbocycles. The molecule has 1 aliphatic carbocycles. The molecule has 19 heavy (non-hydrogen) atoms. The lowest BCUT2D eigenvalue weighted by Crippen LogP contribution is -2.33. The molecule has 1 aromatic carbocycles. The highest BCUT2D eigenvalue weighted by molar-refractivity contribution is 5.86. The third-order valence-electron chi connectivity index (χ3n) is 3.77. The molecule has 0 spiro atoms. The van der Waals surface area contributed by atoms with Gasteiger partial charge in [0.1, 0.15) is 0 Å². The van der Waals surface area contributed by atoms with Crippen LogP contribution in [0.1, 0.15) is 36.5 Å². The van der Waals surface area contributed by atoms with Gasteiger partial charge < -0.3 is 4.90 Å². The number of rotatable bonds is 6. The van der Waals surface area contributed by atoms with Crippen molar-refractivity contribution < 1.29 is 9.72 Å². The van der Waals surface area contributed by atoms with Crippen LogP contribution in [0.15, 0.2) is 18.2 Å². The van der Waals surface area contributed by atoms with E-state index < -0.39 is 4.92 Å². The summed E-state index contributed by atoms with van der Waals surface area (Å²) in [6.45, 7) is 3.76. The molecule has 1 aliphatic rings. The Labute approximate surface area is 112 Å². The van der Waals surface area contributed by atoms with Gasteiger partial charge in [-0.25, -0.2) is 0 Å². The van der Waals surface area contributed by atoms with Crippen LogP contribution in [0.25, 0.3) is 0 Å². The van der Waals surface area contributed by atoms with Gasteiger partial charge in [0.2, 0.25) is 0 Å². The van der Waals surface area contributed by atoms with E-state index in [1.165, 1.54) is 31.4 Å². The molecule has 0 bridgehead atoms. The normalized spacial score (nSPS) is 14.8. The van der Waals surface area contributed by atoms with Crippen LogP contribution in [-0.4, -0.2) is 24.3 Å². The van der Waals surface area contributed by atoms with E-state index in [9.17, 15) is 14.9 Å². The Balaban J connectivity index is 2.25. The molecule has 1 aromatic rings. The number of benzene rings is 1. The molecule has 0 radical (unpaired) electrons. The van der Waals surface area contributed by atoms with Gasteiger partial charge in [-0.05, 0) is 31.7 Å². The number of carbonyl (C=O) groups is 1. The fourth-order valence-electron chi connectivity index (χ4n) is 2.42. The summed E-state index contributed by atoms with van der Waals surface area (Å²) in [5, 5.41) is 10.7. The minimum absolute atomic E-state index is 0.0365. The average molecular weight is 262 g/mol. The van der Waals surface area contributed by atoms with Gasteiger partial charge in [0.25, 0.3) is 5.69 Å². The van der Waals surface area contributed by atoms with Crippen molar-refractivity contribution in [3.05, 3.63) is 33.9 Å². The van der Waals surface area contributed by atoms with Gasteiger partial charge in [0.15, 0.2) is 6.29 Å². The molecule has 0 N–H and O–H groups in total. The monoisotopic (exact) mass is 262 g/mol. The minimum Gasteiger partial charge on any atom is -0.371 e. The van der Waals surface area contributed by atoms with Crippen LogP contribution in [0.5, 0.6) is 0 Å². The summed E-state index contributed by atoms with van der Waals surface area (Å²) >= 11 is 0. The predicted molar refractivity (Wildman–Crippen MR) is 73.7 cm³/mol. The van der Waals surface area contributed by atoms with Crippen molar-refractivity contribution in [1.82, 2.24) is 0 Å². The smallest absolute Gasteiger partial charge is 0.270 e. The molecule has 1 fully saturated rings. The van der Waals surface area contributed by atoms with Crippen LogP contribution in [0.2, 0.25) is 0 Å².